The maximum atomic E-state index is 6.64. The maximum Gasteiger partial charge on any atom is 0.143 e. The highest BCUT2D eigenvalue weighted by atomic mass is 16.3. The summed E-state index contributed by atoms with van der Waals surface area (Å²) in [5.74, 6) is 0. The molecule has 0 radical (unpaired) electrons. The van der Waals surface area contributed by atoms with E-state index in [-0.39, 0.29) is 0 Å². The Balaban J connectivity index is 1.46. The molecule has 0 spiro atoms. The highest BCUT2D eigenvalue weighted by molar-refractivity contribution is 6.46. The lowest BCUT2D eigenvalue weighted by atomic mass is 9.84. The van der Waals surface area contributed by atoms with Crippen LogP contribution in [0.25, 0.3) is 120 Å². The van der Waals surface area contributed by atoms with Crippen molar-refractivity contribution in [2.75, 3.05) is 0 Å². The van der Waals surface area contributed by atoms with Crippen molar-refractivity contribution in [1.29, 1.82) is 0 Å². The lowest BCUT2D eigenvalue weighted by Gasteiger charge is -2.19. The average molecular weight is 619 g/mol. The van der Waals surface area contributed by atoms with Crippen LogP contribution in [0.15, 0.2) is 162 Å². The molecule has 1 aromatic heterocycles. The van der Waals surface area contributed by atoms with E-state index >= 15 is 0 Å². The fraction of sp³-hybridized carbons (Fsp3) is 0. The van der Waals surface area contributed by atoms with Crippen LogP contribution in [-0.4, -0.2) is 0 Å². The van der Waals surface area contributed by atoms with E-state index in [0.717, 1.165) is 16.6 Å². The summed E-state index contributed by atoms with van der Waals surface area (Å²) in [6.07, 6.45) is 0. The van der Waals surface area contributed by atoms with Crippen LogP contribution >= 0.6 is 0 Å². The van der Waals surface area contributed by atoms with Crippen molar-refractivity contribution in [1.82, 2.24) is 0 Å². The summed E-state index contributed by atoms with van der Waals surface area (Å²) >= 11 is 0. The van der Waals surface area contributed by atoms with Crippen LogP contribution in [0.3, 0.4) is 0 Å². The zero-order valence-corrected chi connectivity index (χ0v) is 26.4. The van der Waals surface area contributed by atoms with Gasteiger partial charge in [-0.15, -0.1) is 0 Å². The summed E-state index contributed by atoms with van der Waals surface area (Å²) in [4.78, 5) is 0. The highest BCUT2D eigenvalue weighted by Gasteiger charge is 2.27. The molecular weight excluding hydrogens is 593 g/mol. The highest BCUT2D eigenvalue weighted by Crippen LogP contribution is 2.55. The minimum absolute atomic E-state index is 0.929. The van der Waals surface area contributed by atoms with Gasteiger partial charge < -0.3 is 4.42 Å². The van der Waals surface area contributed by atoms with Crippen molar-refractivity contribution in [3.8, 4) is 22.3 Å². The van der Waals surface area contributed by atoms with Crippen LogP contribution < -0.4 is 0 Å². The second-order valence-corrected chi connectivity index (χ2v) is 13.5. The SMILES string of the molecule is c1ccc(-c2c3cc4c5ccccc5c5cccc(c3c(-c3ccccc3)c3c6cc7c8ccccc8oc7c7cccc(c23)c76)c54)cc1. The van der Waals surface area contributed by atoms with Crippen molar-refractivity contribution < 1.29 is 4.42 Å². The average Bonchev–Trinajstić information content (AvgIpc) is 3.82. The lowest BCUT2D eigenvalue weighted by Crippen LogP contribution is -1.91. The normalized spacial score (nSPS) is 12.5. The number of fused-ring (bicyclic) bond motifs is 12. The Labute approximate surface area is 280 Å². The van der Waals surface area contributed by atoms with Gasteiger partial charge in [-0.3, -0.25) is 0 Å². The number of hydrogen-bond acceptors (Lipinski definition) is 1. The van der Waals surface area contributed by atoms with Crippen molar-refractivity contribution in [3.63, 3.8) is 0 Å². The Morgan fingerprint density at radius 2 is 0.776 bits per heavy atom. The minimum atomic E-state index is 0.929. The van der Waals surface area contributed by atoms with Crippen molar-refractivity contribution in [3.05, 3.63) is 158 Å². The summed E-state index contributed by atoms with van der Waals surface area (Å²) in [5, 5.41) is 20.5. The Bertz CT molecular complexity index is 3290. The standard InChI is InChI=1S/C48H26O/c1-3-13-27(14-4-1)41-38-25-36-30-18-8-7-17-29(30)32-20-11-21-33(43(32)36)45(38)42(28-15-5-2-6-16-28)47-39-26-37-31-19-9-10-24-40(31)49-48(37)35-23-12-22-34(44(35)39)46(41)47/h1-26H. The van der Waals surface area contributed by atoms with Gasteiger partial charge in [-0.05, 0) is 105 Å². The molecule has 11 aromatic carbocycles. The smallest absolute Gasteiger partial charge is 0.143 e. The molecule has 0 saturated carbocycles. The molecule has 12 aromatic rings. The summed E-state index contributed by atoms with van der Waals surface area (Å²) < 4.78 is 6.64. The molecule has 49 heavy (non-hydrogen) atoms. The van der Waals surface area contributed by atoms with Crippen LogP contribution in [-0.2, 0) is 0 Å². The molecule has 0 aliphatic carbocycles. The Kier molecular flexibility index (Phi) is 4.77. The molecule has 224 valence electrons. The van der Waals surface area contributed by atoms with E-state index in [1.807, 2.05) is 0 Å². The van der Waals surface area contributed by atoms with E-state index in [1.54, 1.807) is 0 Å². The summed E-state index contributed by atoms with van der Waals surface area (Å²) in [6.45, 7) is 0. The first-order valence-corrected chi connectivity index (χ1v) is 17.0. The number of para-hydroxylation sites is 1. The first-order valence-electron chi connectivity index (χ1n) is 17.0. The quantitative estimate of drug-likeness (QED) is 0.176. The van der Waals surface area contributed by atoms with Crippen molar-refractivity contribution >= 4 is 97.3 Å². The fourth-order valence-corrected chi connectivity index (χ4v) is 9.25. The molecule has 0 N–H and O–H groups in total. The molecule has 0 amide bonds. The Morgan fingerprint density at radius 3 is 1.53 bits per heavy atom. The molecular formula is C48H26O. The Morgan fingerprint density at radius 1 is 0.265 bits per heavy atom. The third kappa shape index (κ3) is 3.16. The molecule has 0 aliphatic rings. The van der Waals surface area contributed by atoms with Gasteiger partial charge in [0.05, 0.1) is 0 Å². The molecule has 12 rings (SSSR count). The van der Waals surface area contributed by atoms with Crippen LogP contribution in [0.4, 0.5) is 0 Å². The molecule has 1 nitrogen and oxygen atoms in total. The van der Waals surface area contributed by atoms with E-state index in [2.05, 4.69) is 158 Å². The van der Waals surface area contributed by atoms with E-state index < -0.39 is 0 Å². The van der Waals surface area contributed by atoms with Gasteiger partial charge in [-0.25, -0.2) is 0 Å². The molecule has 0 bridgehead atoms. The summed E-state index contributed by atoms with van der Waals surface area (Å²) in [7, 11) is 0. The lowest BCUT2D eigenvalue weighted by molar-refractivity contribution is 0.673. The zero-order valence-electron chi connectivity index (χ0n) is 26.4. The maximum absolute atomic E-state index is 6.64. The second kappa shape index (κ2) is 9.13. The largest absolute Gasteiger partial charge is 0.455 e. The first kappa shape index (κ1) is 25.6. The molecule has 0 atom stereocenters. The minimum Gasteiger partial charge on any atom is -0.455 e. The summed E-state index contributed by atoms with van der Waals surface area (Å²) in [5.41, 5.74) is 6.95. The van der Waals surface area contributed by atoms with E-state index in [4.69, 9.17) is 4.42 Å². The second-order valence-electron chi connectivity index (χ2n) is 13.5. The molecule has 1 heterocycles. The topological polar surface area (TPSA) is 13.1 Å². The number of rotatable bonds is 2. The van der Waals surface area contributed by atoms with Crippen LogP contribution in [0.5, 0.6) is 0 Å². The van der Waals surface area contributed by atoms with Gasteiger partial charge in [-0.2, -0.15) is 0 Å². The first-order chi connectivity index (χ1) is 24.3. The van der Waals surface area contributed by atoms with Crippen LogP contribution in [0.2, 0.25) is 0 Å². The third-order valence-corrected chi connectivity index (χ3v) is 11.1. The number of benzene rings is 9. The number of hydrogen-bond donors (Lipinski definition) is 0. The van der Waals surface area contributed by atoms with Gasteiger partial charge >= 0.3 is 0 Å². The number of furan rings is 1. The Hall–Kier alpha value is -6.44. The molecule has 0 unspecified atom stereocenters. The van der Waals surface area contributed by atoms with Crippen LogP contribution in [0, 0.1) is 0 Å². The van der Waals surface area contributed by atoms with E-state index in [0.29, 0.717) is 0 Å². The predicted octanol–water partition coefficient (Wildman–Crippen LogP) is 13.9. The summed E-state index contributed by atoms with van der Waals surface area (Å²) in [6, 6.07) is 58.1. The van der Waals surface area contributed by atoms with Crippen LogP contribution in [0.1, 0.15) is 0 Å². The molecule has 0 saturated heterocycles. The zero-order chi connectivity index (χ0) is 31.8. The molecule has 1 heteroatoms. The van der Waals surface area contributed by atoms with Gasteiger partial charge in [0, 0.05) is 21.5 Å². The van der Waals surface area contributed by atoms with Crippen molar-refractivity contribution in [2.45, 2.75) is 0 Å². The molecule has 0 fully saturated rings. The van der Waals surface area contributed by atoms with Gasteiger partial charge in [0.25, 0.3) is 0 Å². The van der Waals surface area contributed by atoms with E-state index in [1.165, 1.54) is 103 Å². The van der Waals surface area contributed by atoms with Gasteiger partial charge in [0.15, 0.2) is 0 Å². The fourth-order valence-electron chi connectivity index (χ4n) is 9.25. The monoisotopic (exact) mass is 618 g/mol. The third-order valence-electron chi connectivity index (χ3n) is 11.1. The predicted molar refractivity (Wildman–Crippen MR) is 210 cm³/mol. The van der Waals surface area contributed by atoms with Gasteiger partial charge in [0.1, 0.15) is 11.2 Å². The van der Waals surface area contributed by atoms with E-state index in [9.17, 15) is 0 Å². The molecule has 0 aliphatic heterocycles. The van der Waals surface area contributed by atoms with Crippen molar-refractivity contribution in [2.24, 2.45) is 0 Å². The van der Waals surface area contributed by atoms with Gasteiger partial charge in [-0.1, -0.05) is 140 Å². The van der Waals surface area contributed by atoms with Gasteiger partial charge in [0.2, 0.25) is 0 Å².